The van der Waals surface area contributed by atoms with Gasteiger partial charge in [0.15, 0.2) is 5.60 Å². The van der Waals surface area contributed by atoms with E-state index in [9.17, 15) is 0 Å². The van der Waals surface area contributed by atoms with Crippen LogP contribution in [0.15, 0.2) is 48.5 Å². The Morgan fingerprint density at radius 2 is 1.65 bits per heavy atom. The van der Waals surface area contributed by atoms with Crippen molar-refractivity contribution in [2.45, 2.75) is 31.3 Å². The predicted octanol–water partition coefficient (Wildman–Crippen LogP) is 4.01. The Bertz CT molecular complexity index is 691. The first-order valence-electron chi connectivity index (χ1n) is 7.27. The monoisotopic (exact) mass is 263 g/mol. The Kier molecular flexibility index (Phi) is 2.46. The van der Waals surface area contributed by atoms with E-state index in [1.54, 1.807) is 0 Å². The fourth-order valence-corrected chi connectivity index (χ4v) is 3.66. The second-order valence-corrected chi connectivity index (χ2v) is 5.67. The SMILES string of the molecule is N=C1OC2(CCCCc3ccccc32)c2ccccc21. The van der Waals surface area contributed by atoms with E-state index in [4.69, 9.17) is 10.1 Å². The molecule has 0 radical (unpaired) electrons. The number of rotatable bonds is 0. The van der Waals surface area contributed by atoms with E-state index in [0.29, 0.717) is 5.90 Å². The van der Waals surface area contributed by atoms with Gasteiger partial charge in [0, 0.05) is 16.7 Å². The van der Waals surface area contributed by atoms with Crippen molar-refractivity contribution in [2.24, 2.45) is 0 Å². The van der Waals surface area contributed by atoms with Gasteiger partial charge in [-0.1, -0.05) is 42.5 Å². The van der Waals surface area contributed by atoms with Crippen LogP contribution in [0.25, 0.3) is 0 Å². The van der Waals surface area contributed by atoms with Crippen LogP contribution < -0.4 is 0 Å². The molecule has 4 rings (SSSR count). The van der Waals surface area contributed by atoms with Gasteiger partial charge in [0.05, 0.1) is 0 Å². The number of hydrogen-bond donors (Lipinski definition) is 1. The van der Waals surface area contributed by atoms with Gasteiger partial charge < -0.3 is 4.74 Å². The number of hydrogen-bond acceptors (Lipinski definition) is 2. The number of ether oxygens (including phenoxy) is 1. The topological polar surface area (TPSA) is 33.1 Å². The van der Waals surface area contributed by atoms with Crippen molar-refractivity contribution < 1.29 is 4.74 Å². The van der Waals surface area contributed by atoms with Gasteiger partial charge in [-0.15, -0.1) is 0 Å². The third kappa shape index (κ3) is 1.48. The standard InChI is InChI=1S/C18H17NO/c19-17-14-9-2-4-11-16(14)18(20-17)12-6-5-8-13-7-1-3-10-15(13)18/h1-4,7,9-11,19H,5-6,8,12H2. The van der Waals surface area contributed by atoms with Crippen molar-refractivity contribution in [3.05, 3.63) is 70.8 Å². The van der Waals surface area contributed by atoms with Crippen molar-refractivity contribution in [1.82, 2.24) is 0 Å². The molecule has 2 aliphatic rings. The molecule has 20 heavy (non-hydrogen) atoms. The molecule has 1 atom stereocenters. The molecule has 1 unspecified atom stereocenters. The molecule has 1 aliphatic heterocycles. The summed E-state index contributed by atoms with van der Waals surface area (Å²) in [5, 5.41) is 8.18. The largest absolute Gasteiger partial charge is 0.461 e. The molecule has 0 fully saturated rings. The Hall–Kier alpha value is -2.09. The smallest absolute Gasteiger partial charge is 0.214 e. The van der Waals surface area contributed by atoms with Crippen LogP contribution in [0.4, 0.5) is 0 Å². The van der Waals surface area contributed by atoms with Crippen LogP contribution in [0.5, 0.6) is 0 Å². The van der Waals surface area contributed by atoms with Crippen molar-refractivity contribution in [2.75, 3.05) is 0 Å². The average molecular weight is 263 g/mol. The first-order chi connectivity index (χ1) is 9.81. The maximum atomic E-state index is 8.18. The normalized spacial score (nSPS) is 23.9. The number of benzene rings is 2. The van der Waals surface area contributed by atoms with E-state index in [1.165, 1.54) is 23.1 Å². The summed E-state index contributed by atoms with van der Waals surface area (Å²) in [5.74, 6) is 0.317. The van der Waals surface area contributed by atoms with Crippen LogP contribution >= 0.6 is 0 Å². The summed E-state index contributed by atoms with van der Waals surface area (Å²) in [4.78, 5) is 0. The molecule has 0 bridgehead atoms. The molecule has 2 aromatic carbocycles. The Balaban J connectivity index is 2.00. The molecule has 2 aromatic rings. The summed E-state index contributed by atoms with van der Waals surface area (Å²) in [6, 6.07) is 16.7. The van der Waals surface area contributed by atoms with Crippen LogP contribution in [0, 0.1) is 5.41 Å². The van der Waals surface area contributed by atoms with Crippen LogP contribution in [0.1, 0.15) is 41.5 Å². The van der Waals surface area contributed by atoms with Crippen molar-refractivity contribution in [3.8, 4) is 0 Å². The zero-order valence-corrected chi connectivity index (χ0v) is 11.4. The first-order valence-corrected chi connectivity index (χ1v) is 7.27. The molecule has 1 aliphatic carbocycles. The lowest BCUT2D eigenvalue weighted by Gasteiger charge is -2.30. The fraction of sp³-hybridized carbons (Fsp3) is 0.278. The summed E-state index contributed by atoms with van der Waals surface area (Å²) in [7, 11) is 0. The predicted molar refractivity (Wildman–Crippen MR) is 79.1 cm³/mol. The lowest BCUT2D eigenvalue weighted by atomic mass is 9.81. The summed E-state index contributed by atoms with van der Waals surface area (Å²) in [6.45, 7) is 0. The van der Waals surface area contributed by atoms with E-state index in [0.717, 1.165) is 24.8 Å². The van der Waals surface area contributed by atoms with Gasteiger partial charge in [0.25, 0.3) is 0 Å². The molecule has 1 heterocycles. The van der Waals surface area contributed by atoms with Crippen LogP contribution in [-0.2, 0) is 16.8 Å². The maximum absolute atomic E-state index is 8.18. The highest BCUT2D eigenvalue weighted by atomic mass is 16.5. The zero-order chi connectivity index (χ0) is 13.6. The maximum Gasteiger partial charge on any atom is 0.214 e. The summed E-state index contributed by atoms with van der Waals surface area (Å²) in [6.07, 6.45) is 4.40. The number of aryl methyl sites for hydroxylation is 1. The zero-order valence-electron chi connectivity index (χ0n) is 11.4. The van der Waals surface area contributed by atoms with Crippen molar-refractivity contribution in [3.63, 3.8) is 0 Å². The highest BCUT2D eigenvalue weighted by Crippen LogP contribution is 2.48. The molecular weight excluding hydrogens is 246 g/mol. The van der Waals surface area contributed by atoms with Gasteiger partial charge in [0.1, 0.15) is 0 Å². The molecule has 1 spiro atoms. The number of nitrogens with one attached hydrogen (secondary N) is 1. The number of fused-ring (bicyclic) bond motifs is 4. The molecule has 100 valence electrons. The quantitative estimate of drug-likeness (QED) is 0.765. The van der Waals surface area contributed by atoms with Gasteiger partial charge in [-0.2, -0.15) is 0 Å². The molecule has 0 amide bonds. The lowest BCUT2D eigenvalue weighted by Crippen LogP contribution is -2.28. The Morgan fingerprint density at radius 3 is 2.55 bits per heavy atom. The minimum absolute atomic E-state index is 0.317. The van der Waals surface area contributed by atoms with Crippen molar-refractivity contribution in [1.29, 1.82) is 5.41 Å². The average Bonchev–Trinajstić information content (AvgIpc) is 2.66. The second-order valence-electron chi connectivity index (χ2n) is 5.67. The van der Waals surface area contributed by atoms with Gasteiger partial charge in [-0.05, 0) is 37.3 Å². The Morgan fingerprint density at radius 1 is 0.900 bits per heavy atom. The molecule has 1 N–H and O–H groups in total. The fourth-order valence-electron chi connectivity index (χ4n) is 3.66. The third-order valence-corrected chi connectivity index (χ3v) is 4.56. The van der Waals surface area contributed by atoms with Crippen LogP contribution in [0.3, 0.4) is 0 Å². The molecule has 2 nitrogen and oxygen atoms in total. The third-order valence-electron chi connectivity index (χ3n) is 4.56. The molecule has 2 heteroatoms. The van der Waals surface area contributed by atoms with Gasteiger partial charge in [-0.3, -0.25) is 5.41 Å². The summed E-state index contributed by atoms with van der Waals surface area (Å²) < 4.78 is 6.15. The summed E-state index contributed by atoms with van der Waals surface area (Å²) in [5.41, 5.74) is 4.31. The molecule has 0 aromatic heterocycles. The van der Waals surface area contributed by atoms with E-state index in [-0.39, 0.29) is 0 Å². The minimum Gasteiger partial charge on any atom is -0.461 e. The van der Waals surface area contributed by atoms with Crippen LogP contribution in [-0.4, -0.2) is 5.90 Å². The summed E-state index contributed by atoms with van der Waals surface area (Å²) >= 11 is 0. The van der Waals surface area contributed by atoms with Crippen LogP contribution in [0.2, 0.25) is 0 Å². The van der Waals surface area contributed by atoms with Gasteiger partial charge in [0.2, 0.25) is 5.90 Å². The lowest BCUT2D eigenvalue weighted by molar-refractivity contribution is 0.100. The van der Waals surface area contributed by atoms with Gasteiger partial charge in [-0.25, -0.2) is 0 Å². The first kappa shape index (κ1) is 11.7. The van der Waals surface area contributed by atoms with Gasteiger partial charge >= 0.3 is 0 Å². The molecule has 0 saturated heterocycles. The molecular formula is C18H17NO. The molecule has 0 saturated carbocycles. The Labute approximate surface area is 118 Å². The van der Waals surface area contributed by atoms with E-state index in [2.05, 4.69) is 36.4 Å². The van der Waals surface area contributed by atoms with E-state index < -0.39 is 5.60 Å². The second kappa shape index (κ2) is 4.20. The minimum atomic E-state index is -0.430. The highest BCUT2D eigenvalue weighted by molar-refractivity contribution is 5.97. The van der Waals surface area contributed by atoms with E-state index in [1.807, 2.05) is 12.1 Å². The van der Waals surface area contributed by atoms with E-state index >= 15 is 0 Å². The highest BCUT2D eigenvalue weighted by Gasteiger charge is 2.46. The van der Waals surface area contributed by atoms with Crippen molar-refractivity contribution >= 4 is 5.90 Å².